The molecule has 5 nitrogen and oxygen atoms in total. The van der Waals surface area contributed by atoms with Crippen molar-refractivity contribution in [2.24, 2.45) is 46.3 Å². The number of carbonyl (C=O) groups excluding carboxylic acids is 1. The van der Waals surface area contributed by atoms with Crippen molar-refractivity contribution in [3.63, 3.8) is 0 Å². The molecule has 0 spiro atoms. The van der Waals surface area contributed by atoms with Crippen molar-refractivity contribution in [1.29, 1.82) is 0 Å². The molecule has 4 rings (SSSR count). The van der Waals surface area contributed by atoms with Crippen LogP contribution in [0.5, 0.6) is 0 Å². The van der Waals surface area contributed by atoms with Crippen molar-refractivity contribution in [3.05, 3.63) is 0 Å². The molecule has 0 heterocycles. The molecular weight excluding hydrogens is 366 g/mol. The van der Waals surface area contributed by atoms with E-state index in [-0.39, 0.29) is 40.8 Å². The van der Waals surface area contributed by atoms with Gasteiger partial charge in [0.1, 0.15) is 0 Å². The molecule has 3 unspecified atom stereocenters. The summed E-state index contributed by atoms with van der Waals surface area (Å²) in [7, 11) is 3.21. The van der Waals surface area contributed by atoms with Crippen molar-refractivity contribution in [2.75, 3.05) is 14.2 Å². The quantitative estimate of drug-likeness (QED) is 0.701. The average molecular weight is 408 g/mol. The van der Waals surface area contributed by atoms with E-state index in [0.29, 0.717) is 23.7 Å². The lowest BCUT2D eigenvalue weighted by atomic mass is 9.43. The summed E-state index contributed by atoms with van der Waals surface area (Å²) >= 11 is 0. The van der Waals surface area contributed by atoms with Gasteiger partial charge in [-0.3, -0.25) is 9.63 Å². The molecule has 166 valence electrons. The molecule has 5 heteroatoms. The van der Waals surface area contributed by atoms with Crippen LogP contribution in [0.15, 0.2) is 0 Å². The van der Waals surface area contributed by atoms with Crippen LogP contribution in [0.4, 0.5) is 0 Å². The van der Waals surface area contributed by atoms with Crippen molar-refractivity contribution in [2.45, 2.75) is 84.3 Å². The highest BCUT2D eigenvalue weighted by Crippen LogP contribution is 2.68. The lowest BCUT2D eigenvalue weighted by molar-refractivity contribution is -0.188. The first-order chi connectivity index (χ1) is 13.6. The Morgan fingerprint density at radius 1 is 1.07 bits per heavy atom. The van der Waals surface area contributed by atoms with Crippen LogP contribution in [0.3, 0.4) is 0 Å². The molecule has 29 heavy (non-hydrogen) atoms. The highest BCUT2D eigenvalue weighted by molar-refractivity contribution is 5.77. The predicted octanol–water partition coefficient (Wildman–Crippen LogP) is 3.63. The van der Waals surface area contributed by atoms with Crippen molar-refractivity contribution in [3.8, 4) is 0 Å². The van der Waals surface area contributed by atoms with Gasteiger partial charge in [-0.2, -0.15) is 0 Å². The Morgan fingerprint density at radius 3 is 2.48 bits per heavy atom. The van der Waals surface area contributed by atoms with E-state index in [1.807, 2.05) is 6.92 Å². The maximum absolute atomic E-state index is 12.8. The van der Waals surface area contributed by atoms with Gasteiger partial charge in [0.2, 0.25) is 5.91 Å². The summed E-state index contributed by atoms with van der Waals surface area (Å²) in [6.07, 6.45) is 7.88. The summed E-state index contributed by atoms with van der Waals surface area (Å²) in [5.41, 5.74) is 0.0580. The molecule has 0 aliphatic heterocycles. The third kappa shape index (κ3) is 3.10. The largest absolute Gasteiger partial charge is 0.393 e. The number of aliphatic hydroxyl groups is 2. The highest BCUT2D eigenvalue weighted by atomic mass is 16.7. The third-order valence-electron chi connectivity index (χ3n) is 10.4. The van der Waals surface area contributed by atoms with Gasteiger partial charge in [0, 0.05) is 18.4 Å². The molecular formula is C24H41NO4. The van der Waals surface area contributed by atoms with Crippen LogP contribution in [-0.2, 0) is 9.63 Å². The topological polar surface area (TPSA) is 70.0 Å². The molecule has 0 aromatic rings. The molecule has 2 N–H and O–H groups in total. The lowest BCUT2D eigenvalue weighted by Crippen LogP contribution is -2.59. The maximum Gasteiger partial charge on any atom is 0.248 e. The van der Waals surface area contributed by atoms with Gasteiger partial charge in [-0.15, -0.1) is 0 Å². The first-order valence-electron chi connectivity index (χ1n) is 11.8. The second-order valence-corrected chi connectivity index (χ2v) is 11.2. The number of aliphatic hydroxyl groups excluding tert-OH is 2. The van der Waals surface area contributed by atoms with Crippen LogP contribution in [0.2, 0.25) is 0 Å². The van der Waals surface area contributed by atoms with E-state index in [2.05, 4.69) is 13.8 Å². The molecule has 0 aromatic carbocycles. The van der Waals surface area contributed by atoms with Gasteiger partial charge in [0.15, 0.2) is 0 Å². The van der Waals surface area contributed by atoms with E-state index in [0.717, 1.165) is 38.5 Å². The molecule has 1 amide bonds. The molecule has 0 aromatic heterocycles. The normalized spacial score (nSPS) is 50.2. The van der Waals surface area contributed by atoms with Crippen molar-refractivity contribution < 1.29 is 19.8 Å². The molecule has 10 atom stereocenters. The first-order valence-corrected chi connectivity index (χ1v) is 11.8. The zero-order valence-corrected chi connectivity index (χ0v) is 18.9. The Hall–Kier alpha value is -0.650. The number of hydrogen-bond acceptors (Lipinski definition) is 4. The second kappa shape index (κ2) is 7.49. The second-order valence-electron chi connectivity index (χ2n) is 11.2. The van der Waals surface area contributed by atoms with Gasteiger partial charge in [-0.1, -0.05) is 20.8 Å². The van der Waals surface area contributed by atoms with E-state index >= 15 is 0 Å². The van der Waals surface area contributed by atoms with Crippen molar-refractivity contribution in [1.82, 2.24) is 5.06 Å². The summed E-state index contributed by atoms with van der Waals surface area (Å²) in [4.78, 5) is 18.0. The molecule has 0 bridgehead atoms. The van der Waals surface area contributed by atoms with Crippen LogP contribution >= 0.6 is 0 Å². The predicted molar refractivity (Wildman–Crippen MR) is 112 cm³/mol. The fourth-order valence-corrected chi connectivity index (χ4v) is 8.60. The smallest absolute Gasteiger partial charge is 0.248 e. The Balaban J connectivity index is 1.60. The standard InChI is InChI=1S/C24H41NO4/c1-14(22(28)25(4)29-5)18-8-9-19-17-7-6-15-12-16(26)10-11-23(15,2)20(17)13-21(27)24(18,19)3/h14-21,26-27H,6-13H2,1-5H3/t14-,15+,16+,17?,18+,19?,20?,21-,23-,24+/m0/s1. The number of carbonyl (C=O) groups is 1. The zero-order chi connectivity index (χ0) is 21.1. The molecule has 4 saturated carbocycles. The Kier molecular flexibility index (Phi) is 5.57. The molecule has 0 saturated heterocycles. The van der Waals surface area contributed by atoms with Gasteiger partial charge in [0.25, 0.3) is 0 Å². The zero-order valence-electron chi connectivity index (χ0n) is 18.9. The maximum atomic E-state index is 12.8. The van der Waals surface area contributed by atoms with Gasteiger partial charge in [-0.25, -0.2) is 5.06 Å². The monoisotopic (exact) mass is 407 g/mol. The molecule has 0 radical (unpaired) electrons. The lowest BCUT2D eigenvalue weighted by Gasteiger charge is -2.62. The van der Waals surface area contributed by atoms with Gasteiger partial charge < -0.3 is 10.2 Å². The van der Waals surface area contributed by atoms with Gasteiger partial charge in [0.05, 0.1) is 19.3 Å². The Bertz CT molecular complexity index is 640. The van der Waals surface area contributed by atoms with E-state index < -0.39 is 0 Å². The summed E-state index contributed by atoms with van der Waals surface area (Å²) in [6.45, 7) is 6.74. The minimum Gasteiger partial charge on any atom is -0.393 e. The number of fused-ring (bicyclic) bond motifs is 5. The Morgan fingerprint density at radius 2 is 1.79 bits per heavy atom. The molecule has 4 aliphatic carbocycles. The van der Waals surface area contributed by atoms with Crippen LogP contribution in [0.25, 0.3) is 0 Å². The summed E-state index contributed by atoms with van der Waals surface area (Å²) in [6, 6.07) is 0. The van der Waals surface area contributed by atoms with Crippen LogP contribution < -0.4 is 0 Å². The number of hydroxylamine groups is 2. The average Bonchev–Trinajstić information content (AvgIpc) is 3.06. The SMILES string of the molecule is CON(C)C(=O)[C@@H](C)[C@H]1CCC2C3CC[C@@H]4C[C@H](O)CC[C@]4(C)C3C[C@H](O)[C@@]21C. The molecule has 4 fully saturated rings. The van der Waals surface area contributed by atoms with Crippen molar-refractivity contribution >= 4 is 5.91 Å². The van der Waals surface area contributed by atoms with Crippen LogP contribution in [0, 0.1) is 46.3 Å². The highest BCUT2D eigenvalue weighted by Gasteiger charge is 2.64. The van der Waals surface area contributed by atoms with E-state index in [4.69, 9.17) is 4.84 Å². The van der Waals surface area contributed by atoms with E-state index in [9.17, 15) is 15.0 Å². The number of hydrogen-bond donors (Lipinski definition) is 2. The van der Waals surface area contributed by atoms with Crippen LogP contribution in [0.1, 0.15) is 72.1 Å². The van der Waals surface area contributed by atoms with E-state index in [1.54, 1.807) is 7.05 Å². The fraction of sp³-hybridized carbons (Fsp3) is 0.958. The summed E-state index contributed by atoms with van der Waals surface area (Å²) < 4.78 is 0. The number of amides is 1. The van der Waals surface area contributed by atoms with E-state index in [1.165, 1.54) is 25.0 Å². The number of rotatable bonds is 3. The van der Waals surface area contributed by atoms with Crippen LogP contribution in [-0.4, -0.2) is 47.5 Å². The molecule has 4 aliphatic rings. The number of nitrogens with zero attached hydrogens (tertiary/aromatic N) is 1. The van der Waals surface area contributed by atoms with Gasteiger partial charge >= 0.3 is 0 Å². The fourth-order valence-electron chi connectivity index (χ4n) is 8.60. The Labute approximate surface area is 176 Å². The first kappa shape index (κ1) is 21.6. The summed E-state index contributed by atoms with van der Waals surface area (Å²) in [5.74, 6) is 2.36. The minimum atomic E-state index is -0.355. The van der Waals surface area contributed by atoms with Gasteiger partial charge in [-0.05, 0) is 86.4 Å². The minimum absolute atomic E-state index is 0.0191. The third-order valence-corrected chi connectivity index (χ3v) is 10.4. The summed E-state index contributed by atoms with van der Waals surface area (Å²) in [5, 5.41) is 23.1.